The molecular formula is C13H9ClN2O. The van der Waals surface area contributed by atoms with Crippen molar-refractivity contribution in [3.63, 3.8) is 0 Å². The average molecular weight is 247 g/mol. The second-order valence-electron chi connectivity index (χ2n) is 3.81. The molecule has 0 saturated carbocycles. The zero-order chi connectivity index (χ0) is 11.8. The number of nitrogens with one attached hydrogen (secondary N) is 2. The third-order valence-electron chi connectivity index (χ3n) is 2.67. The fourth-order valence-corrected chi connectivity index (χ4v) is 2.03. The van der Waals surface area contributed by atoms with Crippen LogP contribution in [0, 0.1) is 0 Å². The summed E-state index contributed by atoms with van der Waals surface area (Å²) in [5, 5.41) is 6.65. The Bertz CT molecular complexity index is 610. The van der Waals surface area contributed by atoms with Gasteiger partial charge in [0.25, 0.3) is 5.91 Å². The van der Waals surface area contributed by atoms with Crippen molar-refractivity contribution in [3.05, 3.63) is 53.1 Å². The van der Waals surface area contributed by atoms with Crippen LogP contribution in [0.4, 0.5) is 17.1 Å². The monoisotopic (exact) mass is 246 g/mol. The van der Waals surface area contributed by atoms with E-state index >= 15 is 0 Å². The molecule has 1 heterocycles. The van der Waals surface area contributed by atoms with Gasteiger partial charge in [0.15, 0.2) is 0 Å². The lowest BCUT2D eigenvalue weighted by atomic mass is 10.2. The highest BCUT2D eigenvalue weighted by Gasteiger charge is 2.18. The number of amides is 1. The van der Waals surface area contributed by atoms with Crippen molar-refractivity contribution < 1.29 is 4.79 Å². The lowest BCUT2D eigenvalue weighted by molar-refractivity contribution is 0.102. The molecule has 2 aromatic carbocycles. The second-order valence-corrected chi connectivity index (χ2v) is 4.25. The van der Waals surface area contributed by atoms with Gasteiger partial charge in [0.05, 0.1) is 22.6 Å². The molecule has 0 aromatic heterocycles. The van der Waals surface area contributed by atoms with E-state index in [1.807, 2.05) is 24.3 Å². The molecule has 2 aromatic rings. The van der Waals surface area contributed by atoms with Gasteiger partial charge in [-0.05, 0) is 30.3 Å². The zero-order valence-corrected chi connectivity index (χ0v) is 9.58. The highest BCUT2D eigenvalue weighted by Crippen LogP contribution is 2.33. The van der Waals surface area contributed by atoms with Gasteiger partial charge in [-0.3, -0.25) is 4.79 Å². The van der Waals surface area contributed by atoms with Gasteiger partial charge < -0.3 is 10.6 Å². The molecule has 1 aliphatic heterocycles. The zero-order valence-electron chi connectivity index (χ0n) is 8.83. The minimum absolute atomic E-state index is 0.130. The lowest BCUT2D eigenvalue weighted by Crippen LogP contribution is -2.10. The molecule has 0 bridgehead atoms. The van der Waals surface area contributed by atoms with E-state index in [2.05, 4.69) is 10.6 Å². The van der Waals surface area contributed by atoms with E-state index in [1.54, 1.807) is 18.2 Å². The van der Waals surface area contributed by atoms with E-state index < -0.39 is 0 Å². The number of fused-ring (bicyclic) bond motifs is 2. The summed E-state index contributed by atoms with van der Waals surface area (Å²) in [5.41, 5.74) is 2.96. The molecule has 0 fully saturated rings. The number of carbonyl (C=O) groups excluding carboxylic acids is 1. The Labute approximate surface area is 103 Å². The molecule has 17 heavy (non-hydrogen) atoms. The van der Waals surface area contributed by atoms with Crippen LogP contribution in [0.2, 0.25) is 5.02 Å². The quantitative estimate of drug-likeness (QED) is 0.745. The fourth-order valence-electron chi connectivity index (χ4n) is 1.85. The number of anilines is 3. The Morgan fingerprint density at radius 1 is 1.00 bits per heavy atom. The Kier molecular flexibility index (Phi) is 2.27. The van der Waals surface area contributed by atoms with Crippen molar-refractivity contribution in [2.24, 2.45) is 0 Å². The van der Waals surface area contributed by atoms with Gasteiger partial charge in [0.2, 0.25) is 0 Å². The maximum Gasteiger partial charge on any atom is 0.257 e. The molecule has 3 rings (SSSR count). The van der Waals surface area contributed by atoms with Crippen molar-refractivity contribution in [1.82, 2.24) is 0 Å². The summed E-state index contributed by atoms with van der Waals surface area (Å²) in [6.07, 6.45) is 0. The standard InChI is InChI=1S/C13H9ClN2O/c14-8-5-6-11-12(7-8)16-13(17)9-3-1-2-4-10(9)15-11/h1-7,15H,(H,16,17)/i13+2. The van der Waals surface area contributed by atoms with E-state index in [9.17, 15) is 4.79 Å². The Morgan fingerprint density at radius 2 is 1.82 bits per heavy atom. The van der Waals surface area contributed by atoms with Crippen molar-refractivity contribution in [2.45, 2.75) is 0 Å². The molecule has 84 valence electrons. The number of benzene rings is 2. The highest BCUT2D eigenvalue weighted by molar-refractivity contribution is 6.31. The van der Waals surface area contributed by atoms with Gasteiger partial charge in [0, 0.05) is 5.02 Å². The summed E-state index contributed by atoms with van der Waals surface area (Å²) in [4.78, 5) is 12.0. The van der Waals surface area contributed by atoms with Crippen LogP contribution in [0.3, 0.4) is 0 Å². The lowest BCUT2D eigenvalue weighted by Gasteiger charge is -2.08. The summed E-state index contributed by atoms with van der Waals surface area (Å²) in [6.45, 7) is 0. The molecule has 1 amide bonds. The first kappa shape index (κ1) is 10.2. The summed E-state index contributed by atoms with van der Waals surface area (Å²) in [7, 11) is 0. The first-order valence-electron chi connectivity index (χ1n) is 5.21. The number of para-hydroxylation sites is 1. The van der Waals surface area contributed by atoms with E-state index in [0.717, 1.165) is 11.4 Å². The van der Waals surface area contributed by atoms with Crippen LogP contribution in [0.15, 0.2) is 42.5 Å². The minimum Gasteiger partial charge on any atom is -0.353 e. The number of hydrogen-bond donors (Lipinski definition) is 2. The topological polar surface area (TPSA) is 41.1 Å². The summed E-state index contributed by atoms with van der Waals surface area (Å²) < 4.78 is 0. The van der Waals surface area contributed by atoms with E-state index in [-0.39, 0.29) is 5.91 Å². The SMILES string of the molecule is O=[14C]1Nc2cc(Cl)ccc2Nc2ccccc21. The van der Waals surface area contributed by atoms with Crippen LogP contribution in [0.25, 0.3) is 0 Å². The second kappa shape index (κ2) is 3.79. The molecule has 0 radical (unpaired) electrons. The highest BCUT2D eigenvalue weighted by atomic mass is 35.5. The van der Waals surface area contributed by atoms with Crippen LogP contribution in [-0.4, -0.2) is 5.91 Å². The van der Waals surface area contributed by atoms with Crippen molar-refractivity contribution in [1.29, 1.82) is 0 Å². The average Bonchev–Trinajstić information content (AvgIpc) is 2.46. The van der Waals surface area contributed by atoms with Crippen molar-refractivity contribution in [3.8, 4) is 0 Å². The number of carbonyl (C=O) groups is 1. The predicted molar refractivity (Wildman–Crippen MR) is 69.1 cm³/mol. The third kappa shape index (κ3) is 1.74. The normalized spacial score (nSPS) is 12.9. The van der Waals surface area contributed by atoms with Gasteiger partial charge in [0.1, 0.15) is 0 Å². The molecule has 3 nitrogen and oxygen atoms in total. The van der Waals surface area contributed by atoms with Gasteiger partial charge in [-0.25, -0.2) is 0 Å². The number of rotatable bonds is 0. The molecule has 1 aliphatic rings. The molecule has 2 N–H and O–H groups in total. The summed E-state index contributed by atoms with van der Waals surface area (Å²) in [6, 6.07) is 12.7. The Balaban J connectivity index is 2.17. The van der Waals surface area contributed by atoms with E-state index in [4.69, 9.17) is 11.6 Å². The van der Waals surface area contributed by atoms with E-state index in [1.165, 1.54) is 0 Å². The fraction of sp³-hybridized carbons (Fsp3) is 0. The van der Waals surface area contributed by atoms with Gasteiger partial charge in [-0.2, -0.15) is 0 Å². The molecule has 0 saturated heterocycles. The first-order valence-corrected chi connectivity index (χ1v) is 5.59. The molecule has 0 spiro atoms. The van der Waals surface area contributed by atoms with Gasteiger partial charge >= 0.3 is 0 Å². The smallest absolute Gasteiger partial charge is 0.257 e. The number of hydrogen-bond acceptors (Lipinski definition) is 2. The predicted octanol–water partition coefficient (Wildman–Crippen LogP) is 3.65. The summed E-state index contributed by atoms with van der Waals surface area (Å²) in [5.74, 6) is -0.130. The van der Waals surface area contributed by atoms with Crippen molar-refractivity contribution >= 4 is 34.6 Å². The maximum atomic E-state index is 12.0. The van der Waals surface area contributed by atoms with Crippen LogP contribution in [0.5, 0.6) is 0 Å². The van der Waals surface area contributed by atoms with Crippen LogP contribution in [-0.2, 0) is 0 Å². The molecule has 0 atom stereocenters. The van der Waals surface area contributed by atoms with Gasteiger partial charge in [-0.15, -0.1) is 0 Å². The number of halogens is 1. The van der Waals surface area contributed by atoms with Crippen LogP contribution >= 0.6 is 11.6 Å². The third-order valence-corrected chi connectivity index (χ3v) is 2.91. The first-order chi connectivity index (χ1) is 8.24. The van der Waals surface area contributed by atoms with Gasteiger partial charge in [-0.1, -0.05) is 23.7 Å². The van der Waals surface area contributed by atoms with Crippen LogP contribution in [0.1, 0.15) is 10.4 Å². The Hall–Kier alpha value is -2.00. The molecular weight excluding hydrogens is 238 g/mol. The van der Waals surface area contributed by atoms with Crippen molar-refractivity contribution in [2.75, 3.05) is 10.6 Å². The maximum absolute atomic E-state index is 12.0. The largest absolute Gasteiger partial charge is 0.353 e. The summed E-state index contributed by atoms with van der Waals surface area (Å²) >= 11 is 5.91. The minimum atomic E-state index is -0.130. The van der Waals surface area contributed by atoms with Crippen LogP contribution < -0.4 is 10.6 Å². The van der Waals surface area contributed by atoms with E-state index in [0.29, 0.717) is 16.3 Å². The Morgan fingerprint density at radius 3 is 2.71 bits per heavy atom. The molecule has 4 heteroatoms. The molecule has 0 aliphatic carbocycles. The molecule has 0 unspecified atom stereocenters.